The lowest BCUT2D eigenvalue weighted by atomic mass is 9.92. The molecule has 0 amide bonds. The molecule has 1 fully saturated rings. The van der Waals surface area contributed by atoms with Gasteiger partial charge in [-0.05, 0) is 57.0 Å². The second kappa shape index (κ2) is 6.13. The van der Waals surface area contributed by atoms with Crippen molar-refractivity contribution in [2.24, 2.45) is 5.92 Å². The van der Waals surface area contributed by atoms with E-state index in [9.17, 15) is 15.0 Å². The Balaban J connectivity index is 1.99. The molecule has 0 aliphatic carbocycles. The summed E-state index contributed by atoms with van der Waals surface area (Å²) in [6.07, 6.45) is 1.95. The van der Waals surface area contributed by atoms with Crippen molar-refractivity contribution < 1.29 is 20.1 Å². The zero-order chi connectivity index (χ0) is 14.7. The molecule has 1 aromatic carbocycles. The smallest absolute Gasteiger partial charge is 0.303 e. The number of aromatic hydroxyl groups is 2. The van der Waals surface area contributed by atoms with Crippen molar-refractivity contribution in [3.63, 3.8) is 0 Å². The van der Waals surface area contributed by atoms with Crippen LogP contribution in [0.4, 0.5) is 0 Å². The highest BCUT2D eigenvalue weighted by Crippen LogP contribution is 2.34. The van der Waals surface area contributed by atoms with E-state index in [0.29, 0.717) is 5.56 Å². The number of hydrogen-bond acceptors (Lipinski definition) is 4. The number of phenols is 2. The third-order valence-electron chi connectivity index (χ3n) is 4.12. The fourth-order valence-electron chi connectivity index (χ4n) is 2.86. The van der Waals surface area contributed by atoms with Crippen LogP contribution in [-0.4, -0.2) is 39.3 Å². The number of benzene rings is 1. The molecule has 0 radical (unpaired) electrons. The maximum Gasteiger partial charge on any atom is 0.303 e. The third-order valence-corrected chi connectivity index (χ3v) is 4.12. The topological polar surface area (TPSA) is 81.0 Å². The lowest BCUT2D eigenvalue weighted by Crippen LogP contribution is -2.36. The molecule has 5 heteroatoms. The number of nitrogens with zero attached hydrogens (tertiary/aromatic N) is 1. The van der Waals surface area contributed by atoms with Crippen LogP contribution in [0.15, 0.2) is 18.2 Å². The Morgan fingerprint density at radius 1 is 1.35 bits per heavy atom. The van der Waals surface area contributed by atoms with Gasteiger partial charge in [0.1, 0.15) is 11.5 Å². The fourth-order valence-corrected chi connectivity index (χ4v) is 2.86. The zero-order valence-corrected chi connectivity index (χ0v) is 11.6. The van der Waals surface area contributed by atoms with Crippen molar-refractivity contribution in [1.82, 2.24) is 4.90 Å². The quantitative estimate of drug-likeness (QED) is 0.737. The largest absolute Gasteiger partial charge is 0.508 e. The molecular weight excluding hydrogens is 258 g/mol. The van der Waals surface area contributed by atoms with Crippen LogP contribution in [0.2, 0.25) is 0 Å². The highest BCUT2D eigenvalue weighted by molar-refractivity contribution is 5.67. The summed E-state index contributed by atoms with van der Waals surface area (Å²) in [5, 5.41) is 28.2. The van der Waals surface area contributed by atoms with Gasteiger partial charge in [0.05, 0.1) is 0 Å². The summed E-state index contributed by atoms with van der Waals surface area (Å²) in [5.41, 5.74) is 0.710. The van der Waals surface area contributed by atoms with Crippen LogP contribution < -0.4 is 0 Å². The number of carbonyl (C=O) groups is 1. The van der Waals surface area contributed by atoms with Crippen LogP contribution in [0.1, 0.15) is 37.8 Å². The molecule has 110 valence electrons. The number of phenolic OH excluding ortho intramolecular Hbond substituents is 2. The van der Waals surface area contributed by atoms with Crippen LogP contribution >= 0.6 is 0 Å². The molecule has 1 aliphatic rings. The Labute approximate surface area is 118 Å². The number of likely N-dealkylation sites (tertiary alicyclic amines) is 1. The van der Waals surface area contributed by atoms with Gasteiger partial charge in [0.2, 0.25) is 0 Å². The number of hydrogen-bond donors (Lipinski definition) is 3. The van der Waals surface area contributed by atoms with E-state index in [-0.39, 0.29) is 29.9 Å². The molecule has 0 saturated carbocycles. The SMILES string of the molecule is CC(c1cc(O)ccc1O)N1CCC(CC(=O)O)CC1. The van der Waals surface area contributed by atoms with Gasteiger partial charge >= 0.3 is 5.97 Å². The predicted molar refractivity (Wildman–Crippen MR) is 74.7 cm³/mol. The molecule has 5 nitrogen and oxygen atoms in total. The average Bonchev–Trinajstić information content (AvgIpc) is 2.41. The van der Waals surface area contributed by atoms with Gasteiger partial charge in [-0.25, -0.2) is 0 Å². The molecular formula is C15H21NO4. The molecule has 1 heterocycles. The van der Waals surface area contributed by atoms with Crippen molar-refractivity contribution in [1.29, 1.82) is 0 Å². The first-order valence-electron chi connectivity index (χ1n) is 6.95. The van der Waals surface area contributed by atoms with Crippen molar-refractivity contribution in [2.45, 2.75) is 32.2 Å². The van der Waals surface area contributed by atoms with Crippen molar-refractivity contribution in [3.05, 3.63) is 23.8 Å². The Morgan fingerprint density at radius 2 is 2.00 bits per heavy atom. The van der Waals surface area contributed by atoms with Crippen molar-refractivity contribution >= 4 is 5.97 Å². The number of carboxylic acids is 1. The van der Waals surface area contributed by atoms with E-state index in [0.717, 1.165) is 25.9 Å². The van der Waals surface area contributed by atoms with E-state index >= 15 is 0 Å². The van der Waals surface area contributed by atoms with E-state index in [1.165, 1.54) is 12.1 Å². The van der Waals surface area contributed by atoms with E-state index in [1.54, 1.807) is 6.07 Å². The summed E-state index contributed by atoms with van der Waals surface area (Å²) < 4.78 is 0. The van der Waals surface area contributed by atoms with Crippen LogP contribution in [0.3, 0.4) is 0 Å². The molecule has 0 spiro atoms. The molecule has 1 atom stereocenters. The Bertz CT molecular complexity index is 481. The molecule has 1 saturated heterocycles. The average molecular weight is 279 g/mol. The summed E-state index contributed by atoms with van der Waals surface area (Å²) in [5.74, 6) is -0.163. The van der Waals surface area contributed by atoms with E-state index in [1.807, 2.05) is 6.92 Å². The van der Waals surface area contributed by atoms with Crippen LogP contribution in [0.5, 0.6) is 11.5 Å². The first-order valence-corrected chi connectivity index (χ1v) is 6.95. The highest BCUT2D eigenvalue weighted by atomic mass is 16.4. The first kappa shape index (κ1) is 14.7. The molecule has 3 N–H and O–H groups in total. The molecule has 1 aromatic rings. The zero-order valence-electron chi connectivity index (χ0n) is 11.6. The normalized spacial score (nSPS) is 18.9. The molecule has 20 heavy (non-hydrogen) atoms. The lowest BCUT2D eigenvalue weighted by Gasteiger charge is -2.36. The molecule has 0 aromatic heterocycles. The van der Waals surface area contributed by atoms with Gasteiger partial charge in [0.15, 0.2) is 0 Å². The van der Waals surface area contributed by atoms with Gasteiger partial charge in [0, 0.05) is 18.0 Å². The predicted octanol–water partition coefficient (Wildman–Crippen LogP) is 2.35. The molecule has 1 unspecified atom stereocenters. The van der Waals surface area contributed by atoms with Crippen LogP contribution in [0, 0.1) is 5.92 Å². The minimum atomic E-state index is -0.734. The number of piperidine rings is 1. The van der Waals surface area contributed by atoms with Crippen molar-refractivity contribution in [3.8, 4) is 11.5 Å². The van der Waals surface area contributed by atoms with Crippen molar-refractivity contribution in [2.75, 3.05) is 13.1 Å². The van der Waals surface area contributed by atoms with Gasteiger partial charge < -0.3 is 15.3 Å². The molecule has 1 aliphatic heterocycles. The highest BCUT2D eigenvalue weighted by Gasteiger charge is 2.26. The van der Waals surface area contributed by atoms with E-state index in [4.69, 9.17) is 5.11 Å². The van der Waals surface area contributed by atoms with Crippen LogP contribution in [0.25, 0.3) is 0 Å². The first-order chi connectivity index (χ1) is 9.47. The summed E-state index contributed by atoms with van der Waals surface area (Å²) in [6, 6.07) is 4.56. The van der Waals surface area contributed by atoms with E-state index in [2.05, 4.69) is 4.90 Å². The van der Waals surface area contributed by atoms with Gasteiger partial charge in [-0.15, -0.1) is 0 Å². The standard InChI is InChI=1S/C15H21NO4/c1-10(13-9-12(17)2-3-14(13)18)16-6-4-11(5-7-16)8-15(19)20/h2-3,9-11,17-18H,4-8H2,1H3,(H,19,20). The van der Waals surface area contributed by atoms with E-state index < -0.39 is 5.97 Å². The second-order valence-electron chi connectivity index (χ2n) is 5.50. The maximum atomic E-state index is 10.7. The second-order valence-corrected chi connectivity index (χ2v) is 5.50. The maximum absolute atomic E-state index is 10.7. The summed E-state index contributed by atoms with van der Waals surface area (Å²) >= 11 is 0. The van der Waals surface area contributed by atoms with Crippen LogP contribution in [-0.2, 0) is 4.79 Å². The summed E-state index contributed by atoms with van der Waals surface area (Å²) in [7, 11) is 0. The van der Waals surface area contributed by atoms with Gasteiger partial charge in [-0.1, -0.05) is 0 Å². The van der Waals surface area contributed by atoms with Gasteiger partial charge in [-0.3, -0.25) is 9.69 Å². The fraction of sp³-hybridized carbons (Fsp3) is 0.533. The molecule has 2 rings (SSSR count). The minimum absolute atomic E-state index is 0.00729. The summed E-state index contributed by atoms with van der Waals surface area (Å²) in [4.78, 5) is 12.9. The monoisotopic (exact) mass is 279 g/mol. The Morgan fingerprint density at radius 3 is 2.60 bits per heavy atom. The Kier molecular flexibility index (Phi) is 4.49. The number of carboxylic acid groups (broad SMARTS) is 1. The third kappa shape index (κ3) is 3.42. The molecule has 0 bridgehead atoms. The lowest BCUT2D eigenvalue weighted by molar-refractivity contribution is -0.138. The number of aliphatic carboxylic acids is 1. The van der Waals surface area contributed by atoms with Gasteiger partial charge in [0.25, 0.3) is 0 Å². The summed E-state index contributed by atoms with van der Waals surface area (Å²) in [6.45, 7) is 3.62. The Hall–Kier alpha value is -1.75. The minimum Gasteiger partial charge on any atom is -0.508 e. The van der Waals surface area contributed by atoms with Gasteiger partial charge in [-0.2, -0.15) is 0 Å². The number of rotatable bonds is 4.